The maximum atomic E-state index is 6.14. The van der Waals surface area contributed by atoms with E-state index in [4.69, 9.17) is 6.42 Å². The van der Waals surface area contributed by atoms with Gasteiger partial charge in [0.05, 0.1) is 0 Å². The molecule has 0 aromatic heterocycles. The van der Waals surface area contributed by atoms with Crippen LogP contribution in [0.5, 0.6) is 0 Å². The standard InChI is InChI=1S/C5H2.4Li/c1-3-5-4-2;;;;/h1H2;;;;/q-2;4*+1. The van der Waals surface area contributed by atoms with Crippen LogP contribution in [0.3, 0.4) is 0 Å². The summed E-state index contributed by atoms with van der Waals surface area (Å²) in [7, 11) is 0. The summed E-state index contributed by atoms with van der Waals surface area (Å²) in [6.45, 7) is 3.13. The quantitative estimate of drug-likeness (QED) is 0.157. The molecular formula is C5H2Li4+2. The van der Waals surface area contributed by atoms with E-state index < -0.39 is 0 Å². The van der Waals surface area contributed by atoms with E-state index in [2.05, 4.69) is 18.8 Å². The Balaban J connectivity index is -0.0000000133. The van der Waals surface area contributed by atoms with Crippen LogP contribution in [0.25, 0.3) is 0 Å². The molecule has 0 aliphatic carbocycles. The van der Waals surface area contributed by atoms with Crippen LogP contribution in [0.15, 0.2) is 0 Å². The molecule has 0 rings (SSSR count). The van der Waals surface area contributed by atoms with Gasteiger partial charge in [-0.1, -0.05) is 0 Å². The fourth-order valence-corrected chi connectivity index (χ4v) is 0.0442. The normalized spacial score (nSPS) is 1.67. The molecule has 0 fully saturated rings. The van der Waals surface area contributed by atoms with Gasteiger partial charge in [-0.2, -0.15) is 6.92 Å². The molecule has 0 radical (unpaired) electrons. The van der Waals surface area contributed by atoms with Crippen molar-refractivity contribution in [3.8, 4) is 17.8 Å². The molecule has 0 aromatic carbocycles. The Hall–Kier alpha value is 1.38. The Bertz CT molecular complexity index is 102. The van der Waals surface area contributed by atoms with Gasteiger partial charge >= 0.3 is 75.4 Å². The maximum absolute atomic E-state index is 6.14. The molecule has 0 aliphatic rings. The van der Waals surface area contributed by atoms with E-state index in [0.29, 0.717) is 0 Å². The van der Waals surface area contributed by atoms with Crippen LogP contribution in [0.1, 0.15) is 0 Å². The Morgan fingerprint density at radius 2 is 1.33 bits per heavy atom. The molecule has 0 saturated carbocycles. The van der Waals surface area contributed by atoms with Crippen molar-refractivity contribution in [2.45, 2.75) is 0 Å². The van der Waals surface area contributed by atoms with Crippen LogP contribution in [0.4, 0.5) is 0 Å². The topological polar surface area (TPSA) is 0 Å². The summed E-state index contributed by atoms with van der Waals surface area (Å²) in [5, 5.41) is 0. The first-order valence-electron chi connectivity index (χ1n) is 1.10. The average Bonchev–Trinajstić information content (AvgIpc) is 1.41. The molecular weight excluding hydrogens is 87.8 g/mol. The first kappa shape index (κ1) is 31.6. The van der Waals surface area contributed by atoms with Crippen LogP contribution in [-0.2, 0) is 0 Å². The first-order valence-corrected chi connectivity index (χ1v) is 1.10. The van der Waals surface area contributed by atoms with Gasteiger partial charge in [0.2, 0.25) is 0 Å². The summed E-state index contributed by atoms with van der Waals surface area (Å²) >= 11 is 0. The van der Waals surface area contributed by atoms with Gasteiger partial charge in [-0.05, 0) is 0 Å². The predicted molar refractivity (Wildman–Crippen MR) is 20.3 cm³/mol. The Kier molecular flexibility index (Phi) is 120. The van der Waals surface area contributed by atoms with E-state index in [1.807, 2.05) is 5.92 Å². The van der Waals surface area contributed by atoms with Crippen molar-refractivity contribution < 1.29 is 75.4 Å². The zero-order valence-electron chi connectivity index (χ0n) is 6.71. The van der Waals surface area contributed by atoms with Crippen molar-refractivity contribution in [2.75, 3.05) is 0 Å². The van der Waals surface area contributed by atoms with E-state index in [1.54, 1.807) is 0 Å². The second kappa shape index (κ2) is 34.3. The summed E-state index contributed by atoms with van der Waals surface area (Å²) in [6.07, 6.45) is 6.14. The van der Waals surface area contributed by atoms with Crippen molar-refractivity contribution in [3.05, 3.63) is 13.3 Å². The number of hydrogen-bond donors (Lipinski definition) is 0. The van der Waals surface area contributed by atoms with Crippen molar-refractivity contribution >= 4 is 0 Å². The van der Waals surface area contributed by atoms with Gasteiger partial charge in [0.15, 0.2) is 0 Å². The zero-order valence-corrected chi connectivity index (χ0v) is 6.71. The summed E-state index contributed by atoms with van der Waals surface area (Å²) in [4.78, 5) is 0. The van der Waals surface area contributed by atoms with Gasteiger partial charge in [0.25, 0.3) is 0 Å². The monoisotopic (exact) mass is 90.1 g/mol. The fourth-order valence-electron chi connectivity index (χ4n) is 0.0442. The van der Waals surface area contributed by atoms with Crippen LogP contribution < -0.4 is 75.4 Å². The zero-order chi connectivity index (χ0) is 4.12. The predicted octanol–water partition coefficient (Wildman–Crippen LogP) is -11.6. The Labute approximate surface area is 105 Å². The van der Waals surface area contributed by atoms with Crippen LogP contribution in [0.2, 0.25) is 0 Å². The molecule has 4 heteroatoms. The van der Waals surface area contributed by atoms with Gasteiger partial charge in [-0.3, -0.25) is 17.8 Å². The third-order valence-corrected chi connectivity index (χ3v) is 0.151. The van der Waals surface area contributed by atoms with Gasteiger partial charge in [-0.25, -0.2) is 0 Å². The molecule has 0 bridgehead atoms. The largest absolute Gasteiger partial charge is 1.00 e. The minimum atomic E-state index is 0. The number of hydrogen-bond acceptors (Lipinski definition) is 0. The van der Waals surface area contributed by atoms with E-state index in [9.17, 15) is 0 Å². The van der Waals surface area contributed by atoms with Crippen molar-refractivity contribution in [3.63, 3.8) is 0 Å². The minimum Gasteiger partial charge on any atom is -0.358 e. The fraction of sp³-hybridized carbons (Fsp3) is 0. The van der Waals surface area contributed by atoms with E-state index in [0.717, 1.165) is 0 Å². The molecule has 0 spiro atoms. The summed E-state index contributed by atoms with van der Waals surface area (Å²) < 4.78 is 0. The summed E-state index contributed by atoms with van der Waals surface area (Å²) in [6, 6.07) is 0. The van der Waals surface area contributed by atoms with Crippen molar-refractivity contribution in [1.82, 2.24) is 0 Å². The van der Waals surface area contributed by atoms with Gasteiger partial charge in [0, 0.05) is 0 Å². The molecule has 0 amide bonds. The molecule has 0 atom stereocenters. The van der Waals surface area contributed by atoms with Gasteiger partial charge < -0.3 is 6.42 Å². The SMILES string of the molecule is [C-]#CC#C[CH2-].[Li+].[Li+].[Li+].[Li+]. The van der Waals surface area contributed by atoms with Gasteiger partial charge in [0.1, 0.15) is 0 Å². The van der Waals surface area contributed by atoms with Crippen molar-refractivity contribution in [2.24, 2.45) is 0 Å². The molecule has 0 nitrogen and oxygen atoms in total. The molecule has 0 saturated heterocycles. The Morgan fingerprint density at radius 3 is 1.33 bits per heavy atom. The molecule has 24 valence electrons. The third kappa shape index (κ3) is 44.7. The van der Waals surface area contributed by atoms with E-state index in [1.165, 1.54) is 0 Å². The van der Waals surface area contributed by atoms with Crippen LogP contribution in [-0.4, -0.2) is 0 Å². The molecule has 0 heterocycles. The maximum Gasteiger partial charge on any atom is 1.00 e. The second-order valence-corrected chi connectivity index (χ2v) is 0.427. The summed E-state index contributed by atoms with van der Waals surface area (Å²) in [5.74, 6) is 6.23. The van der Waals surface area contributed by atoms with Crippen molar-refractivity contribution in [1.29, 1.82) is 0 Å². The molecule has 0 N–H and O–H groups in total. The van der Waals surface area contributed by atoms with Crippen LogP contribution >= 0.6 is 0 Å². The van der Waals surface area contributed by atoms with E-state index >= 15 is 0 Å². The smallest absolute Gasteiger partial charge is 0.358 e. The van der Waals surface area contributed by atoms with Gasteiger partial charge in [-0.15, -0.1) is 0 Å². The third-order valence-electron chi connectivity index (χ3n) is 0.151. The minimum absolute atomic E-state index is 0. The van der Waals surface area contributed by atoms with Crippen LogP contribution in [0, 0.1) is 31.1 Å². The molecule has 0 unspecified atom stereocenters. The first-order chi connectivity index (χ1) is 2.41. The molecule has 0 aromatic rings. The number of rotatable bonds is 0. The second-order valence-electron chi connectivity index (χ2n) is 0.427. The van der Waals surface area contributed by atoms with E-state index in [-0.39, 0.29) is 75.4 Å². The Morgan fingerprint density at radius 1 is 1.00 bits per heavy atom. The average molecular weight is 89.8 g/mol. The molecule has 9 heavy (non-hydrogen) atoms. The molecule has 0 aliphatic heterocycles. The summed E-state index contributed by atoms with van der Waals surface area (Å²) in [5.41, 5.74) is 0.